The molecule has 164 valence electrons. The highest BCUT2D eigenvalue weighted by molar-refractivity contribution is 6.06. The normalized spacial score (nSPS) is 12.8. The van der Waals surface area contributed by atoms with Crippen LogP contribution in [-0.2, 0) is 24.3 Å². The van der Waals surface area contributed by atoms with Crippen LogP contribution in [0.4, 0.5) is 11.5 Å². The van der Waals surface area contributed by atoms with E-state index in [9.17, 15) is 14.4 Å². The second-order valence-electron chi connectivity index (χ2n) is 7.72. The number of carbonyl (C=O) groups is 2. The molecule has 2 amide bonds. The van der Waals surface area contributed by atoms with Crippen LogP contribution in [0.1, 0.15) is 34.0 Å². The lowest BCUT2D eigenvalue weighted by Gasteiger charge is -2.29. The third-order valence-corrected chi connectivity index (χ3v) is 5.63. The molecule has 3 heterocycles. The molecule has 1 aliphatic heterocycles. The number of fused-ring (bicyclic) bond motifs is 1. The summed E-state index contributed by atoms with van der Waals surface area (Å²) in [5.41, 5.74) is 2.72. The Kier molecular flexibility index (Phi) is 6.02. The van der Waals surface area contributed by atoms with Crippen molar-refractivity contribution in [2.45, 2.75) is 26.4 Å². The van der Waals surface area contributed by atoms with Gasteiger partial charge in [0.05, 0.1) is 12.2 Å². The molecule has 32 heavy (non-hydrogen) atoms. The van der Waals surface area contributed by atoms with Crippen LogP contribution in [0.15, 0.2) is 59.7 Å². The number of benzene rings is 1. The zero-order chi connectivity index (χ0) is 22.7. The molecule has 4 rings (SSSR count). The number of anilines is 2. The van der Waals surface area contributed by atoms with Gasteiger partial charge in [0.2, 0.25) is 5.91 Å². The van der Waals surface area contributed by atoms with E-state index >= 15 is 0 Å². The first-order valence-corrected chi connectivity index (χ1v) is 10.5. The fourth-order valence-electron chi connectivity index (χ4n) is 4.00. The number of nitrogens with one attached hydrogen (secondary N) is 2. The summed E-state index contributed by atoms with van der Waals surface area (Å²) in [6, 6.07) is 13.0. The van der Waals surface area contributed by atoms with E-state index < -0.39 is 5.91 Å². The zero-order valence-electron chi connectivity index (χ0n) is 18.1. The van der Waals surface area contributed by atoms with Crippen LogP contribution in [0.3, 0.4) is 0 Å². The summed E-state index contributed by atoms with van der Waals surface area (Å²) < 4.78 is 1.55. The summed E-state index contributed by atoms with van der Waals surface area (Å²) in [5, 5.41) is 5.77. The number of rotatable bonds is 5. The van der Waals surface area contributed by atoms with Gasteiger partial charge in [0.1, 0.15) is 11.4 Å². The number of carbonyl (C=O) groups excluding carboxylic acids is 2. The maximum absolute atomic E-state index is 13.4. The van der Waals surface area contributed by atoms with E-state index in [1.807, 2.05) is 30.3 Å². The fraction of sp³-hybridized carbons (Fsp3) is 0.250. The van der Waals surface area contributed by atoms with Crippen molar-refractivity contribution in [1.29, 1.82) is 0 Å². The average molecular weight is 431 g/mol. The van der Waals surface area contributed by atoms with Crippen LogP contribution in [0, 0.1) is 0 Å². The molecule has 2 N–H and O–H groups in total. The van der Waals surface area contributed by atoms with Gasteiger partial charge in [-0.3, -0.25) is 14.4 Å². The third-order valence-electron chi connectivity index (χ3n) is 5.63. The van der Waals surface area contributed by atoms with Gasteiger partial charge < -0.3 is 20.1 Å². The fourth-order valence-corrected chi connectivity index (χ4v) is 4.00. The van der Waals surface area contributed by atoms with Gasteiger partial charge in [0, 0.05) is 39.5 Å². The molecule has 8 nitrogen and oxygen atoms in total. The number of aromatic nitrogens is 2. The molecule has 0 saturated heterocycles. The van der Waals surface area contributed by atoms with Crippen molar-refractivity contribution in [2.24, 2.45) is 0 Å². The highest BCUT2D eigenvalue weighted by Crippen LogP contribution is 2.23. The Morgan fingerprint density at radius 2 is 1.91 bits per heavy atom. The number of hydrogen-bond acceptors (Lipinski definition) is 5. The molecule has 0 bridgehead atoms. The average Bonchev–Trinajstić information content (AvgIpc) is 2.80. The lowest BCUT2D eigenvalue weighted by atomic mass is 9.95. The summed E-state index contributed by atoms with van der Waals surface area (Å²) in [7, 11) is 1.71. The lowest BCUT2D eigenvalue weighted by molar-refractivity contribution is -0.129. The van der Waals surface area contributed by atoms with Gasteiger partial charge in [-0.1, -0.05) is 30.3 Å². The van der Waals surface area contributed by atoms with Gasteiger partial charge in [-0.2, -0.15) is 0 Å². The molecule has 8 heteroatoms. The van der Waals surface area contributed by atoms with Crippen molar-refractivity contribution in [2.75, 3.05) is 24.2 Å². The maximum atomic E-state index is 13.4. The topological polar surface area (TPSA) is 96.3 Å². The van der Waals surface area contributed by atoms with E-state index in [1.54, 1.807) is 41.0 Å². The third kappa shape index (κ3) is 4.25. The minimum atomic E-state index is -0.477. The zero-order valence-corrected chi connectivity index (χ0v) is 18.1. The van der Waals surface area contributed by atoms with Crippen molar-refractivity contribution in [3.05, 3.63) is 87.5 Å². The van der Waals surface area contributed by atoms with E-state index in [0.717, 1.165) is 11.1 Å². The summed E-state index contributed by atoms with van der Waals surface area (Å²) in [6.45, 7) is 2.70. The van der Waals surface area contributed by atoms with Gasteiger partial charge >= 0.3 is 0 Å². The van der Waals surface area contributed by atoms with Crippen LogP contribution >= 0.6 is 0 Å². The highest BCUT2D eigenvalue weighted by Gasteiger charge is 2.27. The second-order valence-corrected chi connectivity index (χ2v) is 7.72. The van der Waals surface area contributed by atoms with E-state index in [2.05, 4.69) is 15.6 Å². The van der Waals surface area contributed by atoms with E-state index in [1.165, 1.54) is 6.92 Å². The Labute approximate surface area is 185 Å². The molecule has 1 aromatic carbocycles. The molecule has 0 aliphatic carbocycles. The van der Waals surface area contributed by atoms with Gasteiger partial charge in [-0.15, -0.1) is 0 Å². The molecule has 0 atom stereocenters. The highest BCUT2D eigenvalue weighted by atomic mass is 16.2. The second kappa shape index (κ2) is 9.05. The number of pyridine rings is 2. The Morgan fingerprint density at radius 3 is 2.62 bits per heavy atom. The SMILES string of the molecule is CNc1ncccc1NC(=O)c1c2c(cn(Cc3ccccc3)c1=O)CN(C(C)=O)CC2. The predicted octanol–water partition coefficient (Wildman–Crippen LogP) is 2.49. The molecular formula is C24H25N5O3. The van der Waals surface area contributed by atoms with Crippen LogP contribution < -0.4 is 16.2 Å². The Bertz CT molecular complexity index is 1220. The maximum Gasteiger partial charge on any atom is 0.264 e. The first kappa shape index (κ1) is 21.3. The minimum Gasteiger partial charge on any atom is -0.371 e. The van der Waals surface area contributed by atoms with Crippen molar-refractivity contribution in [1.82, 2.24) is 14.5 Å². The summed E-state index contributed by atoms with van der Waals surface area (Å²) in [6.07, 6.45) is 3.85. The standard InChI is InChI=1S/C24H25N5O3/c1-16(30)28-12-10-19-18(14-28)15-29(13-17-7-4-3-5-8-17)24(32)21(19)23(31)27-20-9-6-11-26-22(20)25-2/h3-9,11,15H,10,12-14H2,1-2H3,(H,25,26)(H,27,31). The Morgan fingerprint density at radius 1 is 1.12 bits per heavy atom. The molecule has 0 saturated carbocycles. The lowest BCUT2D eigenvalue weighted by Crippen LogP contribution is -2.39. The quantitative estimate of drug-likeness (QED) is 0.647. The largest absolute Gasteiger partial charge is 0.371 e. The summed E-state index contributed by atoms with van der Waals surface area (Å²) in [4.78, 5) is 44.6. The first-order valence-electron chi connectivity index (χ1n) is 10.5. The Balaban J connectivity index is 1.78. The molecular weight excluding hydrogens is 406 g/mol. The van der Waals surface area contributed by atoms with Gasteiger partial charge in [0.15, 0.2) is 0 Å². The van der Waals surface area contributed by atoms with Crippen LogP contribution in [0.5, 0.6) is 0 Å². The van der Waals surface area contributed by atoms with Crippen molar-refractivity contribution >= 4 is 23.3 Å². The van der Waals surface area contributed by atoms with Crippen LogP contribution in [-0.4, -0.2) is 39.9 Å². The summed E-state index contributed by atoms with van der Waals surface area (Å²) >= 11 is 0. The molecule has 0 fully saturated rings. The number of nitrogens with zero attached hydrogens (tertiary/aromatic N) is 3. The molecule has 3 aromatic rings. The van der Waals surface area contributed by atoms with Crippen molar-refractivity contribution in [3.8, 4) is 0 Å². The summed E-state index contributed by atoms with van der Waals surface area (Å²) in [5.74, 6) is 0.00364. The molecule has 0 unspecified atom stereocenters. The van der Waals surface area contributed by atoms with Crippen LogP contribution in [0.25, 0.3) is 0 Å². The number of hydrogen-bond donors (Lipinski definition) is 2. The van der Waals surface area contributed by atoms with Gasteiger partial charge in [-0.25, -0.2) is 4.98 Å². The van der Waals surface area contributed by atoms with E-state index in [4.69, 9.17) is 0 Å². The molecule has 0 radical (unpaired) electrons. The van der Waals surface area contributed by atoms with Crippen molar-refractivity contribution < 1.29 is 9.59 Å². The van der Waals surface area contributed by atoms with Gasteiger partial charge in [0.25, 0.3) is 11.5 Å². The first-order chi connectivity index (χ1) is 15.5. The Hall–Kier alpha value is -3.94. The number of amides is 2. The van der Waals surface area contributed by atoms with Gasteiger partial charge in [-0.05, 0) is 35.2 Å². The molecule has 1 aliphatic rings. The van der Waals surface area contributed by atoms with Crippen LogP contribution in [0.2, 0.25) is 0 Å². The molecule has 2 aromatic heterocycles. The predicted molar refractivity (Wildman–Crippen MR) is 123 cm³/mol. The van der Waals surface area contributed by atoms with E-state index in [0.29, 0.717) is 43.1 Å². The van der Waals surface area contributed by atoms with Crippen molar-refractivity contribution in [3.63, 3.8) is 0 Å². The van der Waals surface area contributed by atoms with E-state index in [-0.39, 0.29) is 17.0 Å². The molecule has 0 spiro atoms. The monoisotopic (exact) mass is 431 g/mol. The minimum absolute atomic E-state index is 0.0310. The smallest absolute Gasteiger partial charge is 0.264 e.